The molecule has 10 heteroatoms. The van der Waals surface area contributed by atoms with E-state index < -0.39 is 27.3 Å². The number of halogens is 1. The fraction of sp³-hybridized carbons (Fsp3) is 0.250. The highest BCUT2D eigenvalue weighted by molar-refractivity contribution is 7.90. The second-order valence-electron chi connectivity index (χ2n) is 7.05. The summed E-state index contributed by atoms with van der Waals surface area (Å²) in [5.74, 6) is -0.450. The molecule has 0 saturated carbocycles. The number of hydrogen-bond donors (Lipinski definition) is 1. The van der Waals surface area contributed by atoms with Crippen LogP contribution in [0.15, 0.2) is 52.4 Å². The molecule has 7 nitrogen and oxygen atoms in total. The molecule has 1 unspecified atom stereocenters. The number of pyridine rings is 1. The first-order valence-electron chi connectivity index (χ1n) is 8.94. The van der Waals surface area contributed by atoms with Crippen LogP contribution in [-0.2, 0) is 21.1 Å². The van der Waals surface area contributed by atoms with Gasteiger partial charge in [-0.15, -0.1) is 0 Å². The van der Waals surface area contributed by atoms with Crippen LogP contribution >= 0.6 is 22.9 Å². The van der Waals surface area contributed by atoms with E-state index in [1.54, 1.807) is 0 Å². The van der Waals surface area contributed by atoms with Crippen LogP contribution in [0.2, 0.25) is 4.34 Å². The molecule has 0 aliphatic rings. The Labute approximate surface area is 183 Å². The number of benzene rings is 1. The van der Waals surface area contributed by atoms with E-state index in [9.17, 15) is 18.0 Å². The Kier molecular flexibility index (Phi) is 6.44. The number of sulfone groups is 1. The van der Waals surface area contributed by atoms with Gasteiger partial charge in [0.1, 0.15) is 10.4 Å². The van der Waals surface area contributed by atoms with Crippen molar-refractivity contribution in [2.45, 2.75) is 31.2 Å². The SMILES string of the molecule is Cc1cc(C)cc(CC(C(=O)Nc2ncc(Cl)s2)n2ccc(S(C)(=O)=O)cc2=O)c1. The molecule has 30 heavy (non-hydrogen) atoms. The Morgan fingerprint density at radius 3 is 2.43 bits per heavy atom. The van der Waals surface area contributed by atoms with Crippen LogP contribution in [0.25, 0.3) is 0 Å². The molecule has 1 aromatic carbocycles. The van der Waals surface area contributed by atoms with Crippen LogP contribution in [0.3, 0.4) is 0 Å². The number of nitrogens with one attached hydrogen (secondary N) is 1. The van der Waals surface area contributed by atoms with E-state index in [2.05, 4.69) is 10.3 Å². The molecular weight excluding hydrogens is 446 g/mol. The molecule has 0 radical (unpaired) electrons. The maximum atomic E-state index is 13.1. The van der Waals surface area contributed by atoms with Gasteiger partial charge < -0.3 is 9.88 Å². The summed E-state index contributed by atoms with van der Waals surface area (Å²) in [6, 6.07) is 7.35. The zero-order valence-electron chi connectivity index (χ0n) is 16.5. The minimum atomic E-state index is -3.54. The molecule has 0 bridgehead atoms. The van der Waals surface area contributed by atoms with Crippen molar-refractivity contribution in [3.8, 4) is 0 Å². The number of aromatic nitrogens is 2. The van der Waals surface area contributed by atoms with E-state index in [1.165, 1.54) is 23.0 Å². The molecule has 3 aromatic rings. The van der Waals surface area contributed by atoms with Gasteiger partial charge >= 0.3 is 0 Å². The second-order valence-corrected chi connectivity index (χ2v) is 10.7. The van der Waals surface area contributed by atoms with Crippen LogP contribution in [0, 0.1) is 13.8 Å². The van der Waals surface area contributed by atoms with E-state index >= 15 is 0 Å². The first kappa shape index (κ1) is 22.2. The highest BCUT2D eigenvalue weighted by Gasteiger charge is 2.24. The molecule has 0 fully saturated rings. The van der Waals surface area contributed by atoms with Crippen molar-refractivity contribution < 1.29 is 13.2 Å². The topological polar surface area (TPSA) is 98.1 Å². The predicted molar refractivity (Wildman–Crippen MR) is 118 cm³/mol. The highest BCUT2D eigenvalue weighted by Crippen LogP contribution is 2.24. The van der Waals surface area contributed by atoms with Gasteiger partial charge in [0.15, 0.2) is 15.0 Å². The van der Waals surface area contributed by atoms with Gasteiger partial charge in [0.05, 0.1) is 11.1 Å². The summed E-state index contributed by atoms with van der Waals surface area (Å²) in [5.41, 5.74) is 2.37. The summed E-state index contributed by atoms with van der Waals surface area (Å²) in [6.45, 7) is 3.91. The monoisotopic (exact) mass is 465 g/mol. The van der Waals surface area contributed by atoms with Gasteiger partial charge in [-0.3, -0.25) is 9.59 Å². The van der Waals surface area contributed by atoms with Crippen molar-refractivity contribution in [3.63, 3.8) is 0 Å². The quantitative estimate of drug-likeness (QED) is 0.601. The van der Waals surface area contributed by atoms with Gasteiger partial charge in [0, 0.05) is 24.9 Å². The van der Waals surface area contributed by atoms with Crippen LogP contribution in [-0.4, -0.2) is 30.1 Å². The van der Waals surface area contributed by atoms with Gasteiger partial charge in [0.25, 0.3) is 5.56 Å². The van der Waals surface area contributed by atoms with Crippen LogP contribution in [0.1, 0.15) is 22.7 Å². The van der Waals surface area contributed by atoms with Crippen molar-refractivity contribution in [2.75, 3.05) is 11.6 Å². The molecule has 1 amide bonds. The maximum absolute atomic E-state index is 13.1. The predicted octanol–water partition coefficient (Wildman–Crippen LogP) is 3.40. The normalized spacial score (nSPS) is 12.5. The zero-order valence-corrected chi connectivity index (χ0v) is 18.9. The summed E-state index contributed by atoms with van der Waals surface area (Å²) < 4.78 is 25.2. The van der Waals surface area contributed by atoms with Gasteiger partial charge in [0.2, 0.25) is 5.91 Å². The second kappa shape index (κ2) is 8.71. The summed E-state index contributed by atoms with van der Waals surface area (Å²) in [7, 11) is -3.54. The molecule has 0 spiro atoms. The van der Waals surface area contributed by atoms with Crippen molar-refractivity contribution in [1.29, 1.82) is 0 Å². The molecule has 2 aromatic heterocycles. The summed E-state index contributed by atoms with van der Waals surface area (Å²) in [6.07, 6.45) is 4.03. The molecule has 158 valence electrons. The number of anilines is 1. The van der Waals surface area contributed by atoms with E-state index in [0.717, 1.165) is 40.3 Å². The lowest BCUT2D eigenvalue weighted by molar-refractivity contribution is -0.119. The standard InChI is InChI=1S/C20H20ClN3O4S2/c1-12-6-13(2)8-14(7-12)9-16(19(26)23-20-22-11-17(21)29-20)24-5-4-15(10-18(24)25)30(3,27)28/h4-8,10-11,16H,9H2,1-3H3,(H,22,23,26). The van der Waals surface area contributed by atoms with Crippen molar-refractivity contribution >= 4 is 43.8 Å². The molecule has 0 aliphatic carbocycles. The van der Waals surface area contributed by atoms with E-state index in [1.807, 2.05) is 32.0 Å². The molecule has 0 saturated heterocycles. The lowest BCUT2D eigenvalue weighted by Crippen LogP contribution is -2.34. The zero-order chi connectivity index (χ0) is 22.1. The van der Waals surface area contributed by atoms with Crippen LogP contribution in [0.5, 0.6) is 0 Å². The number of hydrogen-bond acceptors (Lipinski definition) is 6. The number of carbonyl (C=O) groups is 1. The van der Waals surface area contributed by atoms with Gasteiger partial charge in [-0.2, -0.15) is 0 Å². The lowest BCUT2D eigenvalue weighted by Gasteiger charge is -2.20. The van der Waals surface area contributed by atoms with E-state index in [4.69, 9.17) is 11.6 Å². The van der Waals surface area contributed by atoms with E-state index in [0.29, 0.717) is 9.47 Å². The third-order valence-corrected chi connectivity index (χ3v) is 6.54. The Morgan fingerprint density at radius 2 is 1.90 bits per heavy atom. The number of thiazole rings is 1. The van der Waals surface area contributed by atoms with Gasteiger partial charge in [-0.1, -0.05) is 52.3 Å². The maximum Gasteiger partial charge on any atom is 0.252 e. The molecule has 2 heterocycles. The number of carbonyl (C=O) groups excluding carboxylic acids is 1. The van der Waals surface area contributed by atoms with Crippen LogP contribution in [0.4, 0.5) is 5.13 Å². The Hall–Kier alpha value is -2.49. The Balaban J connectivity index is 2.02. The number of nitrogens with zero attached hydrogens (tertiary/aromatic N) is 2. The smallest absolute Gasteiger partial charge is 0.252 e. The first-order valence-corrected chi connectivity index (χ1v) is 12.0. The number of amides is 1. The average Bonchev–Trinajstić information content (AvgIpc) is 3.03. The minimum absolute atomic E-state index is 0.0963. The fourth-order valence-corrected chi connectivity index (χ4v) is 4.63. The molecule has 1 atom stereocenters. The van der Waals surface area contributed by atoms with Gasteiger partial charge in [-0.25, -0.2) is 13.4 Å². The third-order valence-electron chi connectivity index (χ3n) is 4.40. The number of aryl methyl sites for hydroxylation is 2. The largest absolute Gasteiger partial charge is 0.303 e. The Bertz CT molecular complexity index is 1240. The van der Waals surface area contributed by atoms with Crippen molar-refractivity contribution in [2.24, 2.45) is 0 Å². The highest BCUT2D eigenvalue weighted by atomic mass is 35.5. The molecular formula is C20H20ClN3O4S2. The molecule has 3 rings (SSSR count). The summed E-state index contributed by atoms with van der Waals surface area (Å²) in [4.78, 5) is 29.7. The van der Waals surface area contributed by atoms with E-state index in [-0.39, 0.29) is 11.3 Å². The molecule has 0 aliphatic heterocycles. The first-order chi connectivity index (χ1) is 14.0. The average molecular weight is 466 g/mol. The fourth-order valence-electron chi connectivity index (χ4n) is 3.19. The van der Waals surface area contributed by atoms with Crippen molar-refractivity contribution in [1.82, 2.24) is 9.55 Å². The third kappa shape index (κ3) is 5.35. The minimum Gasteiger partial charge on any atom is -0.303 e. The molecule has 1 N–H and O–H groups in total. The van der Waals surface area contributed by atoms with Gasteiger partial charge in [-0.05, 0) is 25.5 Å². The summed E-state index contributed by atoms with van der Waals surface area (Å²) >= 11 is 6.99. The number of rotatable bonds is 6. The van der Waals surface area contributed by atoms with Crippen molar-refractivity contribution in [3.05, 3.63) is 74.1 Å². The Morgan fingerprint density at radius 1 is 1.23 bits per heavy atom. The van der Waals surface area contributed by atoms with Crippen LogP contribution < -0.4 is 10.9 Å². The lowest BCUT2D eigenvalue weighted by atomic mass is 10.0. The summed E-state index contributed by atoms with van der Waals surface area (Å²) in [5, 5.41) is 3.00.